The van der Waals surface area contributed by atoms with Crippen molar-refractivity contribution in [1.29, 1.82) is 0 Å². The van der Waals surface area contributed by atoms with E-state index in [1.165, 1.54) is 23.9 Å². The van der Waals surface area contributed by atoms with Crippen LogP contribution in [0.5, 0.6) is 0 Å². The van der Waals surface area contributed by atoms with Crippen LogP contribution < -0.4 is 5.32 Å². The van der Waals surface area contributed by atoms with Gasteiger partial charge in [0.2, 0.25) is 5.91 Å². The molecule has 158 valence electrons. The van der Waals surface area contributed by atoms with Crippen LogP contribution in [0.3, 0.4) is 0 Å². The molecule has 0 aliphatic heterocycles. The van der Waals surface area contributed by atoms with E-state index >= 15 is 0 Å². The first-order chi connectivity index (χ1) is 15.1. The summed E-state index contributed by atoms with van der Waals surface area (Å²) in [7, 11) is 0. The van der Waals surface area contributed by atoms with Crippen molar-refractivity contribution in [1.82, 2.24) is 20.1 Å². The first-order valence-electron chi connectivity index (χ1n) is 9.79. The number of nitrogens with one attached hydrogen (secondary N) is 1. The molecule has 2 heterocycles. The van der Waals surface area contributed by atoms with Crippen molar-refractivity contribution in [2.75, 3.05) is 5.75 Å². The Morgan fingerprint density at radius 1 is 1.10 bits per heavy atom. The third-order valence-corrected chi connectivity index (χ3v) is 6.55. The van der Waals surface area contributed by atoms with Gasteiger partial charge in [-0.25, -0.2) is 4.39 Å². The molecule has 2 aromatic carbocycles. The molecule has 1 N–H and O–H groups in total. The smallest absolute Gasteiger partial charge is 0.230 e. The Morgan fingerprint density at radius 2 is 1.87 bits per heavy atom. The Hall–Kier alpha value is -2.97. The third kappa shape index (κ3) is 5.39. The van der Waals surface area contributed by atoms with Gasteiger partial charge >= 0.3 is 0 Å². The number of halogens is 1. The van der Waals surface area contributed by atoms with Crippen LogP contribution in [0.25, 0.3) is 10.7 Å². The van der Waals surface area contributed by atoms with Crippen LogP contribution in [0.4, 0.5) is 4.39 Å². The number of benzene rings is 2. The molecule has 0 saturated carbocycles. The summed E-state index contributed by atoms with van der Waals surface area (Å²) >= 11 is 2.96. The normalized spacial score (nSPS) is 11.9. The van der Waals surface area contributed by atoms with Gasteiger partial charge < -0.3 is 5.32 Å². The number of aromatic nitrogens is 3. The van der Waals surface area contributed by atoms with Crippen LogP contribution >= 0.6 is 23.1 Å². The molecule has 1 atom stereocenters. The van der Waals surface area contributed by atoms with Gasteiger partial charge in [0.05, 0.1) is 23.2 Å². The first kappa shape index (κ1) is 21.3. The lowest BCUT2D eigenvalue weighted by Crippen LogP contribution is -2.28. The van der Waals surface area contributed by atoms with Crippen molar-refractivity contribution in [3.8, 4) is 10.7 Å². The molecule has 4 aromatic rings. The van der Waals surface area contributed by atoms with Crippen molar-refractivity contribution in [3.05, 3.63) is 89.1 Å². The number of hydrogen-bond donors (Lipinski definition) is 1. The zero-order chi connectivity index (χ0) is 21.6. The number of nitrogens with zero attached hydrogens (tertiary/aromatic N) is 3. The van der Waals surface area contributed by atoms with Gasteiger partial charge in [-0.3, -0.25) is 9.36 Å². The minimum absolute atomic E-state index is 0.117. The van der Waals surface area contributed by atoms with Gasteiger partial charge in [-0.2, -0.15) is 0 Å². The topological polar surface area (TPSA) is 59.8 Å². The highest BCUT2D eigenvalue weighted by Gasteiger charge is 2.17. The van der Waals surface area contributed by atoms with Gasteiger partial charge in [0.1, 0.15) is 5.82 Å². The molecule has 5 nitrogen and oxygen atoms in total. The van der Waals surface area contributed by atoms with E-state index in [0.29, 0.717) is 11.7 Å². The molecule has 4 rings (SSSR count). The van der Waals surface area contributed by atoms with Crippen molar-refractivity contribution < 1.29 is 9.18 Å². The molecule has 8 heteroatoms. The van der Waals surface area contributed by atoms with E-state index in [1.807, 2.05) is 47.2 Å². The first-order valence-corrected chi connectivity index (χ1v) is 11.7. The standard InChI is InChI=1S/C23H21FN4OS2/c1-16(18-9-11-19(24)12-10-18)25-21(29)15-31-23-27-26-22(20-8-5-13-30-20)28(23)14-17-6-3-2-4-7-17/h2-13,16H,14-15H2,1H3,(H,25,29). The fourth-order valence-corrected chi connectivity index (χ4v) is 4.61. The number of thiophene rings is 1. The fraction of sp³-hybridized carbons (Fsp3) is 0.174. The highest BCUT2D eigenvalue weighted by atomic mass is 32.2. The van der Waals surface area contributed by atoms with Crippen LogP contribution in [0.15, 0.2) is 77.3 Å². The number of rotatable bonds is 8. The minimum atomic E-state index is -0.294. The molecule has 1 amide bonds. The Labute approximate surface area is 188 Å². The van der Waals surface area contributed by atoms with Crippen molar-refractivity contribution in [2.45, 2.75) is 24.7 Å². The zero-order valence-electron chi connectivity index (χ0n) is 16.9. The Kier molecular flexibility index (Phi) is 6.79. The molecule has 0 aliphatic carbocycles. The summed E-state index contributed by atoms with van der Waals surface area (Å²) in [5.41, 5.74) is 1.99. The lowest BCUT2D eigenvalue weighted by molar-refractivity contribution is -0.119. The molecule has 0 fully saturated rings. The molecule has 0 bridgehead atoms. The summed E-state index contributed by atoms with van der Waals surface area (Å²) in [4.78, 5) is 13.5. The van der Waals surface area contributed by atoms with E-state index < -0.39 is 0 Å². The fourth-order valence-electron chi connectivity index (χ4n) is 3.14. The van der Waals surface area contributed by atoms with Crippen LogP contribution in [0.2, 0.25) is 0 Å². The molecule has 0 aliphatic rings. The number of carbonyl (C=O) groups is 1. The van der Waals surface area contributed by atoms with Crippen LogP contribution in [0.1, 0.15) is 24.1 Å². The predicted molar refractivity (Wildman–Crippen MR) is 123 cm³/mol. The van der Waals surface area contributed by atoms with E-state index in [9.17, 15) is 9.18 Å². The van der Waals surface area contributed by atoms with Crippen molar-refractivity contribution in [3.63, 3.8) is 0 Å². The van der Waals surface area contributed by atoms with Crippen LogP contribution in [0, 0.1) is 5.82 Å². The second kappa shape index (κ2) is 9.89. The molecule has 2 aromatic heterocycles. The number of carbonyl (C=O) groups excluding carboxylic acids is 1. The number of amides is 1. The van der Waals surface area contributed by atoms with Gasteiger partial charge in [0.15, 0.2) is 11.0 Å². The number of hydrogen-bond acceptors (Lipinski definition) is 5. The average Bonchev–Trinajstić information content (AvgIpc) is 3.43. The van der Waals surface area contributed by atoms with Gasteiger partial charge in [0.25, 0.3) is 0 Å². The Morgan fingerprint density at radius 3 is 2.58 bits per heavy atom. The second-order valence-electron chi connectivity index (χ2n) is 6.98. The SMILES string of the molecule is CC(NC(=O)CSc1nnc(-c2cccs2)n1Cc1ccccc1)c1ccc(F)cc1. The highest BCUT2D eigenvalue weighted by Crippen LogP contribution is 2.28. The maximum Gasteiger partial charge on any atom is 0.230 e. The summed E-state index contributed by atoms with van der Waals surface area (Å²) in [5, 5.41) is 14.4. The lowest BCUT2D eigenvalue weighted by Gasteiger charge is -2.14. The molecule has 0 spiro atoms. The van der Waals surface area contributed by atoms with Crippen LogP contribution in [-0.2, 0) is 11.3 Å². The van der Waals surface area contributed by atoms with Crippen molar-refractivity contribution >= 4 is 29.0 Å². The summed E-state index contributed by atoms with van der Waals surface area (Å²) < 4.78 is 15.2. The molecular weight excluding hydrogens is 431 g/mol. The number of thioether (sulfide) groups is 1. The summed E-state index contributed by atoms with van der Waals surface area (Å²) in [6.07, 6.45) is 0. The van der Waals surface area contributed by atoms with E-state index in [-0.39, 0.29) is 23.5 Å². The van der Waals surface area contributed by atoms with Gasteiger partial charge in [-0.1, -0.05) is 60.3 Å². The molecule has 0 radical (unpaired) electrons. The van der Waals surface area contributed by atoms with E-state index in [0.717, 1.165) is 21.8 Å². The zero-order valence-corrected chi connectivity index (χ0v) is 18.5. The molecule has 0 saturated heterocycles. The van der Waals surface area contributed by atoms with Crippen molar-refractivity contribution in [2.24, 2.45) is 0 Å². The van der Waals surface area contributed by atoms with Gasteiger partial charge in [-0.15, -0.1) is 21.5 Å². The quantitative estimate of drug-likeness (QED) is 0.375. The maximum atomic E-state index is 13.1. The summed E-state index contributed by atoms with van der Waals surface area (Å²) in [6, 6.07) is 20.0. The monoisotopic (exact) mass is 452 g/mol. The predicted octanol–water partition coefficient (Wildman–Crippen LogP) is 5.16. The summed E-state index contributed by atoms with van der Waals surface area (Å²) in [5.74, 6) is 0.593. The van der Waals surface area contributed by atoms with E-state index in [2.05, 4.69) is 27.6 Å². The Bertz CT molecular complexity index is 1130. The van der Waals surface area contributed by atoms with E-state index in [1.54, 1.807) is 23.5 Å². The second-order valence-corrected chi connectivity index (χ2v) is 8.87. The van der Waals surface area contributed by atoms with Gasteiger partial charge in [0, 0.05) is 0 Å². The lowest BCUT2D eigenvalue weighted by atomic mass is 10.1. The average molecular weight is 453 g/mol. The maximum absolute atomic E-state index is 13.1. The van der Waals surface area contributed by atoms with E-state index in [4.69, 9.17) is 0 Å². The van der Waals surface area contributed by atoms with Crippen LogP contribution in [-0.4, -0.2) is 26.4 Å². The third-order valence-electron chi connectivity index (χ3n) is 4.72. The molecule has 1 unspecified atom stereocenters. The molecule has 31 heavy (non-hydrogen) atoms. The molecular formula is C23H21FN4OS2. The Balaban J connectivity index is 1.46. The minimum Gasteiger partial charge on any atom is -0.349 e. The highest BCUT2D eigenvalue weighted by molar-refractivity contribution is 7.99. The largest absolute Gasteiger partial charge is 0.349 e. The summed E-state index contributed by atoms with van der Waals surface area (Å²) in [6.45, 7) is 2.50. The van der Waals surface area contributed by atoms with Gasteiger partial charge in [-0.05, 0) is 41.6 Å².